The fourth-order valence-corrected chi connectivity index (χ4v) is 5.52. The zero-order valence-corrected chi connectivity index (χ0v) is 24.8. The quantitative estimate of drug-likeness (QED) is 0.219. The lowest BCUT2D eigenvalue weighted by molar-refractivity contribution is 0.00898. The summed E-state index contributed by atoms with van der Waals surface area (Å²) >= 11 is 7.00. The van der Waals surface area contributed by atoms with Gasteiger partial charge in [0.25, 0.3) is 0 Å². The molecule has 1 aromatic carbocycles. The monoisotopic (exact) mass is 576 g/mol. The molecule has 0 aromatic heterocycles. The molecular formula is C25H42Br2O3Si. The van der Waals surface area contributed by atoms with E-state index in [1.165, 1.54) is 0 Å². The maximum Gasteiger partial charge on any atom is 0.192 e. The van der Waals surface area contributed by atoms with Crippen LogP contribution in [0.15, 0.2) is 33.7 Å². The van der Waals surface area contributed by atoms with Crippen LogP contribution < -0.4 is 4.74 Å². The van der Waals surface area contributed by atoms with Gasteiger partial charge in [-0.1, -0.05) is 52.8 Å². The van der Waals surface area contributed by atoms with Gasteiger partial charge in [-0.15, -0.1) is 0 Å². The normalized spacial score (nSPS) is 15.3. The molecule has 0 spiro atoms. The molecule has 1 unspecified atom stereocenters. The average Bonchev–Trinajstić information content (AvgIpc) is 2.68. The maximum absolute atomic E-state index is 6.67. The van der Waals surface area contributed by atoms with E-state index in [1.807, 2.05) is 12.1 Å². The van der Waals surface area contributed by atoms with Crippen molar-refractivity contribution in [2.24, 2.45) is 5.92 Å². The van der Waals surface area contributed by atoms with Gasteiger partial charge in [0.1, 0.15) is 5.75 Å². The van der Waals surface area contributed by atoms with E-state index >= 15 is 0 Å². The summed E-state index contributed by atoms with van der Waals surface area (Å²) in [6, 6.07) is 8.10. The highest BCUT2D eigenvalue weighted by Crippen LogP contribution is 2.38. The van der Waals surface area contributed by atoms with Crippen LogP contribution in [0.5, 0.6) is 5.75 Å². The summed E-state index contributed by atoms with van der Waals surface area (Å²) in [6.45, 7) is 16.7. The summed E-state index contributed by atoms with van der Waals surface area (Å²) < 4.78 is 19.3. The molecule has 31 heavy (non-hydrogen) atoms. The largest absolute Gasteiger partial charge is 0.497 e. The molecule has 0 aliphatic carbocycles. The fourth-order valence-electron chi connectivity index (χ4n) is 3.22. The Morgan fingerprint density at radius 2 is 1.71 bits per heavy atom. The van der Waals surface area contributed by atoms with Crippen LogP contribution >= 0.6 is 31.9 Å². The van der Waals surface area contributed by atoms with Crippen molar-refractivity contribution in [1.82, 2.24) is 0 Å². The fraction of sp³-hybridized carbons (Fsp3) is 0.680. The van der Waals surface area contributed by atoms with Crippen molar-refractivity contribution in [3.05, 3.63) is 39.3 Å². The van der Waals surface area contributed by atoms with Crippen molar-refractivity contribution in [3.63, 3.8) is 0 Å². The molecule has 3 nitrogen and oxygen atoms in total. The predicted molar refractivity (Wildman–Crippen MR) is 143 cm³/mol. The molecule has 1 aromatic rings. The second kappa shape index (κ2) is 13.5. The molecule has 6 heteroatoms. The lowest BCUT2D eigenvalue weighted by atomic mass is 9.98. The lowest BCUT2D eigenvalue weighted by Crippen LogP contribution is -2.43. The Morgan fingerprint density at radius 1 is 1.10 bits per heavy atom. The molecular weight excluding hydrogens is 536 g/mol. The molecule has 0 amide bonds. The van der Waals surface area contributed by atoms with Gasteiger partial charge < -0.3 is 13.9 Å². The van der Waals surface area contributed by atoms with Gasteiger partial charge in [0, 0.05) is 12.0 Å². The number of ether oxygens (including phenoxy) is 2. The third kappa shape index (κ3) is 10.6. The first-order chi connectivity index (χ1) is 14.4. The molecule has 1 rings (SSSR count). The summed E-state index contributed by atoms with van der Waals surface area (Å²) in [5.74, 6) is 1.17. The van der Waals surface area contributed by atoms with E-state index < -0.39 is 8.32 Å². The van der Waals surface area contributed by atoms with Crippen LogP contribution in [0, 0.1) is 5.92 Å². The van der Waals surface area contributed by atoms with E-state index in [2.05, 4.69) is 97.8 Å². The van der Waals surface area contributed by atoms with Crippen LogP contribution in [0.3, 0.4) is 0 Å². The lowest BCUT2D eigenvalue weighted by Gasteiger charge is -2.39. The molecule has 0 fully saturated rings. The van der Waals surface area contributed by atoms with E-state index in [0.29, 0.717) is 18.6 Å². The Bertz CT molecular complexity index is 664. The minimum atomic E-state index is -1.74. The molecule has 0 aliphatic rings. The first-order valence-corrected chi connectivity index (χ1v) is 15.8. The summed E-state index contributed by atoms with van der Waals surface area (Å²) in [5, 5.41) is 0.242. The van der Waals surface area contributed by atoms with Gasteiger partial charge >= 0.3 is 0 Å². The number of halogens is 2. The van der Waals surface area contributed by atoms with Crippen molar-refractivity contribution in [3.8, 4) is 5.75 Å². The first kappa shape index (κ1) is 28.9. The van der Waals surface area contributed by atoms with E-state index in [1.54, 1.807) is 7.11 Å². The predicted octanol–water partition coefficient (Wildman–Crippen LogP) is 8.82. The molecule has 0 N–H and O–H groups in total. The Labute approximate surface area is 208 Å². The summed E-state index contributed by atoms with van der Waals surface area (Å²) in [7, 11) is -0.0538. The highest BCUT2D eigenvalue weighted by atomic mass is 79.9. The minimum absolute atomic E-state index is 0.151. The second-order valence-corrected chi connectivity index (χ2v) is 17.4. The van der Waals surface area contributed by atoms with Gasteiger partial charge in [0.15, 0.2) is 8.32 Å². The molecule has 0 bridgehead atoms. The van der Waals surface area contributed by atoms with Crippen molar-refractivity contribution in [2.45, 2.75) is 97.2 Å². The third-order valence-corrected chi connectivity index (χ3v) is 11.4. The molecule has 3 atom stereocenters. The van der Waals surface area contributed by atoms with Crippen molar-refractivity contribution >= 4 is 40.2 Å². The van der Waals surface area contributed by atoms with E-state index in [-0.39, 0.29) is 11.1 Å². The van der Waals surface area contributed by atoms with Gasteiger partial charge in [-0.2, -0.15) is 0 Å². The van der Waals surface area contributed by atoms with E-state index in [0.717, 1.165) is 40.4 Å². The summed E-state index contributed by atoms with van der Waals surface area (Å²) in [6.07, 6.45) is 6.90. The van der Waals surface area contributed by atoms with Crippen molar-refractivity contribution in [1.29, 1.82) is 0 Å². The van der Waals surface area contributed by atoms with Crippen LogP contribution in [0.1, 0.15) is 65.9 Å². The zero-order valence-electron chi connectivity index (χ0n) is 20.6. The highest BCUT2D eigenvalue weighted by Gasteiger charge is 2.38. The molecule has 0 saturated carbocycles. The standard InChI is InChI=1S/C25H42Br2O3Si/c1-9-21(30-31(7,8)25(3,4)5)11-10-12-23(19(2)17-24(26)27)29-18-20-13-15-22(28-6)16-14-20/h13-17,19,21,23H,9-12,18H2,1-8H3/t19?,21-,23-/m0/s1. The van der Waals surface area contributed by atoms with Gasteiger partial charge in [-0.05, 0) is 93.4 Å². The van der Waals surface area contributed by atoms with Gasteiger partial charge in [-0.25, -0.2) is 0 Å². The number of benzene rings is 1. The number of hydrogen-bond acceptors (Lipinski definition) is 3. The highest BCUT2D eigenvalue weighted by molar-refractivity contribution is 9.28. The first-order valence-electron chi connectivity index (χ1n) is 11.3. The van der Waals surface area contributed by atoms with Gasteiger partial charge in [-0.3, -0.25) is 0 Å². The number of hydrogen-bond donors (Lipinski definition) is 0. The molecule has 0 aliphatic heterocycles. The molecule has 178 valence electrons. The van der Waals surface area contributed by atoms with Crippen LogP contribution in [-0.2, 0) is 15.8 Å². The SMILES string of the molecule is CC[C@@H](CCC[C@H](OCc1ccc(OC)cc1)C(C)C=C(Br)Br)O[Si](C)(C)C(C)(C)C. The Hall–Kier alpha value is -0.143. The minimum Gasteiger partial charge on any atom is -0.497 e. The molecule has 0 saturated heterocycles. The van der Waals surface area contributed by atoms with E-state index in [9.17, 15) is 0 Å². The van der Waals surface area contributed by atoms with Gasteiger partial charge in [0.05, 0.1) is 23.2 Å². The summed E-state index contributed by atoms with van der Waals surface area (Å²) in [5.41, 5.74) is 1.16. The Morgan fingerprint density at radius 3 is 2.19 bits per heavy atom. The van der Waals surface area contributed by atoms with Crippen LogP contribution in [0.4, 0.5) is 0 Å². The average molecular weight is 579 g/mol. The zero-order chi connectivity index (χ0) is 23.7. The van der Waals surface area contributed by atoms with Crippen LogP contribution in [-0.4, -0.2) is 27.6 Å². The van der Waals surface area contributed by atoms with Crippen molar-refractivity contribution < 1.29 is 13.9 Å². The Kier molecular flexibility index (Phi) is 12.6. The smallest absolute Gasteiger partial charge is 0.192 e. The Balaban J connectivity index is 2.70. The molecule has 0 heterocycles. The third-order valence-electron chi connectivity index (χ3n) is 6.34. The number of methoxy groups -OCH3 is 1. The van der Waals surface area contributed by atoms with Crippen LogP contribution in [0.25, 0.3) is 0 Å². The molecule has 0 radical (unpaired) electrons. The number of rotatable bonds is 13. The topological polar surface area (TPSA) is 27.7 Å². The maximum atomic E-state index is 6.67. The van der Waals surface area contributed by atoms with Gasteiger partial charge in [0.2, 0.25) is 0 Å². The van der Waals surface area contributed by atoms with E-state index in [4.69, 9.17) is 13.9 Å². The summed E-state index contributed by atoms with van der Waals surface area (Å²) in [4.78, 5) is 0. The second-order valence-electron chi connectivity index (χ2n) is 9.85. The van der Waals surface area contributed by atoms with Crippen molar-refractivity contribution in [2.75, 3.05) is 7.11 Å². The van der Waals surface area contributed by atoms with Crippen LogP contribution in [0.2, 0.25) is 18.1 Å².